The number of benzene rings is 2. The summed E-state index contributed by atoms with van der Waals surface area (Å²) >= 11 is 6.26. The van der Waals surface area contributed by atoms with Crippen molar-refractivity contribution >= 4 is 35.1 Å². The van der Waals surface area contributed by atoms with E-state index in [1.54, 1.807) is 30.3 Å². The van der Waals surface area contributed by atoms with Gasteiger partial charge in [-0.25, -0.2) is 5.01 Å². The summed E-state index contributed by atoms with van der Waals surface area (Å²) in [6.07, 6.45) is 4.75. The van der Waals surface area contributed by atoms with Gasteiger partial charge in [-0.1, -0.05) is 48.0 Å². The average molecular weight is 463 g/mol. The minimum absolute atomic E-state index is 0.00540. The molecule has 0 spiro atoms. The van der Waals surface area contributed by atoms with Crippen LogP contribution in [0.2, 0.25) is 5.02 Å². The molecule has 1 heterocycles. The van der Waals surface area contributed by atoms with Crippen molar-refractivity contribution in [1.29, 1.82) is 0 Å². The summed E-state index contributed by atoms with van der Waals surface area (Å²) in [5.41, 5.74) is 2.52. The zero-order valence-corrected chi connectivity index (χ0v) is 19.1. The Morgan fingerprint density at radius 2 is 1.61 bits per heavy atom. The van der Waals surface area contributed by atoms with Gasteiger partial charge in [0.2, 0.25) is 0 Å². The SMILES string of the molecule is Cc1ccc(C(=O)CN(C(=O)c2ccccc2Cl)N2C(=O)[C@H]3[C@H](C2=O)[C@H]2C=C[C@H]3C2)cc1C. The Bertz CT molecular complexity index is 1210. The number of carbonyl (C=O) groups excluding carboxylic acids is 4. The fourth-order valence-corrected chi connectivity index (χ4v) is 5.49. The lowest BCUT2D eigenvalue weighted by Crippen LogP contribution is -2.52. The Kier molecular flexibility index (Phi) is 5.20. The fraction of sp³-hybridized carbons (Fsp3) is 0.308. The van der Waals surface area contributed by atoms with Crippen LogP contribution in [0.1, 0.15) is 38.3 Å². The van der Waals surface area contributed by atoms with E-state index in [0.717, 1.165) is 27.6 Å². The Morgan fingerprint density at radius 3 is 2.21 bits per heavy atom. The van der Waals surface area contributed by atoms with Crippen LogP contribution < -0.4 is 0 Å². The zero-order valence-electron chi connectivity index (χ0n) is 18.3. The van der Waals surface area contributed by atoms with Crippen LogP contribution in [0.15, 0.2) is 54.6 Å². The molecule has 168 valence electrons. The highest BCUT2D eigenvalue weighted by Crippen LogP contribution is 2.52. The summed E-state index contributed by atoms with van der Waals surface area (Å²) in [7, 11) is 0. The molecule has 4 atom stereocenters. The molecule has 1 saturated carbocycles. The van der Waals surface area contributed by atoms with E-state index in [-0.39, 0.29) is 28.2 Å². The van der Waals surface area contributed by atoms with Gasteiger partial charge < -0.3 is 0 Å². The maximum Gasteiger partial charge on any atom is 0.274 e. The van der Waals surface area contributed by atoms with Gasteiger partial charge in [-0.3, -0.25) is 19.2 Å². The molecule has 3 amide bonds. The highest BCUT2D eigenvalue weighted by Gasteiger charge is 2.61. The van der Waals surface area contributed by atoms with Crippen molar-refractivity contribution in [2.24, 2.45) is 23.7 Å². The summed E-state index contributed by atoms with van der Waals surface area (Å²) in [4.78, 5) is 53.6. The van der Waals surface area contributed by atoms with Crippen LogP contribution in [0.25, 0.3) is 0 Å². The normalized spacial score (nSPS) is 25.0. The van der Waals surface area contributed by atoms with Crippen LogP contribution in [0.4, 0.5) is 0 Å². The molecule has 33 heavy (non-hydrogen) atoms. The molecule has 1 aliphatic heterocycles. The summed E-state index contributed by atoms with van der Waals surface area (Å²) < 4.78 is 0. The third-order valence-corrected chi connectivity index (χ3v) is 7.48. The lowest BCUT2D eigenvalue weighted by atomic mass is 9.85. The molecule has 2 aromatic rings. The first kappa shape index (κ1) is 21.6. The van der Waals surface area contributed by atoms with Crippen molar-refractivity contribution in [3.8, 4) is 0 Å². The number of aryl methyl sites for hydroxylation is 2. The number of Topliss-reactive ketones (excluding diaryl/α,β-unsaturated/α-hetero) is 1. The van der Waals surface area contributed by atoms with E-state index in [2.05, 4.69) is 0 Å². The Balaban J connectivity index is 1.52. The molecule has 3 aliphatic rings. The minimum Gasteiger partial charge on any atom is -0.292 e. The molecule has 2 fully saturated rings. The van der Waals surface area contributed by atoms with E-state index in [0.29, 0.717) is 5.56 Å². The number of hydrazine groups is 1. The van der Waals surface area contributed by atoms with Crippen molar-refractivity contribution < 1.29 is 19.2 Å². The topological polar surface area (TPSA) is 74.8 Å². The lowest BCUT2D eigenvalue weighted by molar-refractivity contribution is -0.154. The molecule has 0 aromatic heterocycles. The maximum atomic E-state index is 13.6. The molecule has 2 bridgehead atoms. The number of hydrogen-bond acceptors (Lipinski definition) is 4. The van der Waals surface area contributed by atoms with Crippen LogP contribution >= 0.6 is 11.6 Å². The Hall–Kier alpha value is -3.25. The molecule has 6 nitrogen and oxygen atoms in total. The number of nitrogens with zero attached hydrogens (tertiary/aromatic N) is 2. The van der Waals surface area contributed by atoms with Gasteiger partial charge >= 0.3 is 0 Å². The molecule has 5 rings (SSSR count). The fourth-order valence-electron chi connectivity index (χ4n) is 5.27. The first-order valence-corrected chi connectivity index (χ1v) is 11.4. The minimum atomic E-state index is -0.653. The number of carbonyl (C=O) groups is 4. The van der Waals surface area contributed by atoms with E-state index < -0.39 is 36.1 Å². The molecule has 2 aliphatic carbocycles. The number of rotatable bonds is 5. The number of halogens is 1. The zero-order chi connectivity index (χ0) is 23.4. The van der Waals surface area contributed by atoms with Crippen LogP contribution in [0, 0.1) is 37.5 Å². The number of ketones is 1. The Morgan fingerprint density at radius 1 is 0.970 bits per heavy atom. The van der Waals surface area contributed by atoms with Gasteiger partial charge in [0.25, 0.3) is 17.7 Å². The van der Waals surface area contributed by atoms with Gasteiger partial charge in [0.1, 0.15) is 6.54 Å². The van der Waals surface area contributed by atoms with Crippen molar-refractivity contribution in [1.82, 2.24) is 10.0 Å². The van der Waals surface area contributed by atoms with E-state index >= 15 is 0 Å². The van der Waals surface area contributed by atoms with E-state index in [1.807, 2.05) is 32.1 Å². The molecule has 2 aromatic carbocycles. The Labute approximate surface area is 196 Å². The molecule has 0 unspecified atom stereocenters. The molecule has 1 saturated heterocycles. The van der Waals surface area contributed by atoms with Gasteiger partial charge in [0, 0.05) is 5.56 Å². The third-order valence-electron chi connectivity index (χ3n) is 7.15. The largest absolute Gasteiger partial charge is 0.292 e. The molecular weight excluding hydrogens is 440 g/mol. The monoisotopic (exact) mass is 462 g/mol. The second kappa shape index (κ2) is 7.96. The lowest BCUT2D eigenvalue weighted by Gasteiger charge is -2.31. The van der Waals surface area contributed by atoms with Crippen molar-refractivity contribution in [2.75, 3.05) is 6.54 Å². The number of amides is 3. The van der Waals surface area contributed by atoms with Crippen LogP contribution in [0.5, 0.6) is 0 Å². The second-order valence-corrected chi connectivity index (χ2v) is 9.46. The number of allylic oxidation sites excluding steroid dienone is 2. The van der Waals surface area contributed by atoms with Crippen LogP contribution in [0.3, 0.4) is 0 Å². The first-order chi connectivity index (χ1) is 15.8. The molecule has 0 radical (unpaired) electrons. The van der Waals surface area contributed by atoms with Gasteiger partial charge in [0.05, 0.1) is 22.4 Å². The number of imide groups is 1. The van der Waals surface area contributed by atoms with Gasteiger partial charge in [-0.05, 0) is 61.4 Å². The summed E-state index contributed by atoms with van der Waals surface area (Å²) in [6, 6.07) is 11.7. The predicted molar refractivity (Wildman–Crippen MR) is 122 cm³/mol. The van der Waals surface area contributed by atoms with Crippen molar-refractivity contribution in [2.45, 2.75) is 20.3 Å². The van der Waals surface area contributed by atoms with E-state index in [1.165, 1.54) is 6.07 Å². The van der Waals surface area contributed by atoms with Crippen LogP contribution in [-0.2, 0) is 9.59 Å². The third kappa shape index (κ3) is 3.40. The van der Waals surface area contributed by atoms with E-state index in [9.17, 15) is 19.2 Å². The number of fused-ring (bicyclic) bond motifs is 5. The maximum absolute atomic E-state index is 13.6. The quantitative estimate of drug-likeness (QED) is 0.382. The van der Waals surface area contributed by atoms with Crippen molar-refractivity contribution in [3.05, 3.63) is 81.9 Å². The summed E-state index contributed by atoms with van der Waals surface area (Å²) in [6.45, 7) is 3.40. The predicted octanol–water partition coefficient (Wildman–Crippen LogP) is 4.00. The van der Waals surface area contributed by atoms with Gasteiger partial charge in [-0.15, -0.1) is 0 Å². The van der Waals surface area contributed by atoms with Crippen LogP contribution in [-0.4, -0.2) is 40.1 Å². The smallest absolute Gasteiger partial charge is 0.274 e. The molecular formula is C26H23ClN2O4. The second-order valence-electron chi connectivity index (χ2n) is 9.05. The van der Waals surface area contributed by atoms with Gasteiger partial charge in [-0.2, -0.15) is 5.01 Å². The summed E-state index contributed by atoms with van der Waals surface area (Å²) in [5.74, 6) is -2.83. The molecule has 7 heteroatoms. The average Bonchev–Trinajstić information content (AvgIpc) is 3.48. The van der Waals surface area contributed by atoms with E-state index in [4.69, 9.17) is 11.6 Å². The highest BCUT2D eigenvalue weighted by atomic mass is 35.5. The van der Waals surface area contributed by atoms with Gasteiger partial charge in [0.15, 0.2) is 5.78 Å². The van der Waals surface area contributed by atoms with Crippen molar-refractivity contribution in [3.63, 3.8) is 0 Å². The first-order valence-electron chi connectivity index (χ1n) is 11.0. The molecule has 0 N–H and O–H groups in total. The highest BCUT2D eigenvalue weighted by molar-refractivity contribution is 6.34. The summed E-state index contributed by atoms with van der Waals surface area (Å²) in [5, 5.41) is 2.08. The number of hydrogen-bond donors (Lipinski definition) is 0. The standard InChI is InChI=1S/C26H23ClN2O4/c1-14-7-8-16(11-15(14)2)21(30)13-28(24(31)19-5-3-4-6-20(19)27)29-25(32)22-17-9-10-18(12-17)23(22)26(29)33/h3-11,17-18,22-23H,12-13H2,1-2H3/t17-,18-,22+,23+/m0/s1.